The third kappa shape index (κ3) is 4.60. The Balaban J connectivity index is 1.90. The lowest BCUT2D eigenvalue weighted by Gasteiger charge is -2.14. The van der Waals surface area contributed by atoms with E-state index in [2.05, 4.69) is 51.1 Å². The average molecular weight is 324 g/mol. The molecule has 4 heteroatoms. The molecule has 0 spiro atoms. The second kappa shape index (κ2) is 7.04. The first-order valence-electron chi connectivity index (χ1n) is 7.11. The van der Waals surface area contributed by atoms with E-state index in [1.807, 2.05) is 6.07 Å². The summed E-state index contributed by atoms with van der Waals surface area (Å²) in [4.78, 5) is 8.93. The number of nitrogens with zero attached hydrogens (tertiary/aromatic N) is 2. The highest BCUT2D eigenvalue weighted by atomic mass is 79.9. The Morgan fingerprint density at radius 1 is 1.32 bits per heavy atom. The second-order valence-electron chi connectivity index (χ2n) is 5.37. The molecule has 1 N–H and O–H groups in total. The minimum atomic E-state index is 0.346. The van der Waals surface area contributed by atoms with Crippen LogP contribution < -0.4 is 5.32 Å². The van der Waals surface area contributed by atoms with Gasteiger partial charge in [0, 0.05) is 18.5 Å². The van der Waals surface area contributed by atoms with Crippen LogP contribution in [0.4, 0.5) is 5.82 Å². The van der Waals surface area contributed by atoms with Gasteiger partial charge >= 0.3 is 0 Å². The Morgan fingerprint density at radius 3 is 2.84 bits per heavy atom. The van der Waals surface area contributed by atoms with Crippen LogP contribution in [0.15, 0.2) is 22.3 Å². The molecule has 0 radical (unpaired) electrons. The lowest BCUT2D eigenvalue weighted by atomic mass is 9.97. The number of anilines is 1. The van der Waals surface area contributed by atoms with Crippen LogP contribution in [0.2, 0.25) is 0 Å². The van der Waals surface area contributed by atoms with E-state index in [-0.39, 0.29) is 0 Å². The van der Waals surface area contributed by atoms with Crippen molar-refractivity contribution in [3.63, 3.8) is 0 Å². The predicted octanol–water partition coefficient (Wildman–Crippen LogP) is 4.66. The van der Waals surface area contributed by atoms with Gasteiger partial charge in [0.2, 0.25) is 0 Å². The molecule has 1 aliphatic carbocycles. The molecular weight excluding hydrogens is 302 g/mol. The van der Waals surface area contributed by atoms with Gasteiger partial charge in [0.1, 0.15) is 16.2 Å². The van der Waals surface area contributed by atoms with Crippen LogP contribution in [0.5, 0.6) is 0 Å². The van der Waals surface area contributed by atoms with E-state index in [4.69, 9.17) is 0 Å². The number of nitrogens with one attached hydrogen (secondary N) is 1. The fraction of sp³-hybridized carbons (Fsp3) is 0.600. The van der Waals surface area contributed by atoms with Crippen LogP contribution >= 0.6 is 15.9 Å². The van der Waals surface area contributed by atoms with E-state index < -0.39 is 0 Å². The van der Waals surface area contributed by atoms with E-state index in [0.717, 1.165) is 29.2 Å². The summed E-state index contributed by atoms with van der Waals surface area (Å²) in [5.41, 5.74) is 1.59. The number of halogens is 1. The van der Waals surface area contributed by atoms with E-state index in [0.29, 0.717) is 5.92 Å². The number of allylic oxidation sites excluding steroid dienone is 1. The third-order valence-corrected chi connectivity index (χ3v) is 3.77. The maximum atomic E-state index is 4.54. The van der Waals surface area contributed by atoms with Crippen molar-refractivity contribution in [3.05, 3.63) is 28.1 Å². The van der Waals surface area contributed by atoms with Gasteiger partial charge in [-0.2, -0.15) is 0 Å². The van der Waals surface area contributed by atoms with Gasteiger partial charge in [-0.05, 0) is 48.0 Å². The molecule has 0 fully saturated rings. The molecule has 1 aliphatic rings. The summed E-state index contributed by atoms with van der Waals surface area (Å²) < 4.78 is 0.852. The molecule has 104 valence electrons. The molecule has 0 unspecified atom stereocenters. The molecule has 0 aromatic carbocycles. The van der Waals surface area contributed by atoms with Crippen LogP contribution in [0.25, 0.3) is 0 Å². The van der Waals surface area contributed by atoms with Crippen molar-refractivity contribution >= 4 is 21.7 Å². The van der Waals surface area contributed by atoms with Crippen LogP contribution in [-0.2, 0) is 0 Å². The molecule has 1 aromatic rings. The normalized spacial score (nSPS) is 15.5. The quantitative estimate of drug-likeness (QED) is 0.632. The standard InChI is InChI=1S/C15H22BrN3/c1-11(2)15-18-13(16)10-14(19-15)17-9-8-12-6-4-3-5-7-12/h6,10-11H,3-5,7-9H2,1-2H3,(H,17,18,19). The highest BCUT2D eigenvalue weighted by Crippen LogP contribution is 2.21. The SMILES string of the molecule is CC(C)c1nc(Br)cc(NCCC2=CCCCC2)n1. The Hall–Kier alpha value is -0.900. The first-order chi connectivity index (χ1) is 9.15. The summed E-state index contributed by atoms with van der Waals surface area (Å²) in [7, 11) is 0. The van der Waals surface area contributed by atoms with Gasteiger partial charge in [-0.25, -0.2) is 9.97 Å². The van der Waals surface area contributed by atoms with Crippen LogP contribution in [0.3, 0.4) is 0 Å². The highest BCUT2D eigenvalue weighted by molar-refractivity contribution is 9.10. The molecule has 0 atom stereocenters. The lowest BCUT2D eigenvalue weighted by molar-refractivity contribution is 0.679. The van der Waals surface area contributed by atoms with Gasteiger partial charge in [0.15, 0.2) is 0 Å². The topological polar surface area (TPSA) is 37.8 Å². The van der Waals surface area contributed by atoms with Crippen molar-refractivity contribution in [1.82, 2.24) is 9.97 Å². The van der Waals surface area contributed by atoms with Gasteiger partial charge in [-0.1, -0.05) is 25.5 Å². The lowest BCUT2D eigenvalue weighted by Crippen LogP contribution is -2.08. The molecule has 0 saturated heterocycles. The zero-order valence-corrected chi connectivity index (χ0v) is 13.3. The summed E-state index contributed by atoms with van der Waals surface area (Å²) in [6.45, 7) is 5.17. The number of hydrogen-bond donors (Lipinski definition) is 1. The molecule has 2 rings (SSSR count). The van der Waals surface area contributed by atoms with Crippen molar-refractivity contribution in [3.8, 4) is 0 Å². The largest absolute Gasteiger partial charge is 0.370 e. The third-order valence-electron chi connectivity index (χ3n) is 3.37. The van der Waals surface area contributed by atoms with E-state index in [9.17, 15) is 0 Å². The maximum Gasteiger partial charge on any atom is 0.134 e. The second-order valence-corrected chi connectivity index (χ2v) is 6.19. The first kappa shape index (κ1) is 14.5. The van der Waals surface area contributed by atoms with Crippen molar-refractivity contribution in [2.75, 3.05) is 11.9 Å². The number of rotatable bonds is 5. The van der Waals surface area contributed by atoms with Crippen molar-refractivity contribution in [2.45, 2.75) is 51.9 Å². The number of hydrogen-bond acceptors (Lipinski definition) is 3. The molecule has 0 amide bonds. The summed E-state index contributed by atoms with van der Waals surface area (Å²) in [6, 6.07) is 1.95. The Bertz CT molecular complexity index is 455. The summed E-state index contributed by atoms with van der Waals surface area (Å²) in [6.07, 6.45) is 8.76. The minimum absolute atomic E-state index is 0.346. The summed E-state index contributed by atoms with van der Waals surface area (Å²) in [5.74, 6) is 2.15. The molecule has 1 aromatic heterocycles. The molecule has 1 heterocycles. The van der Waals surface area contributed by atoms with Crippen LogP contribution in [0.1, 0.15) is 57.7 Å². The smallest absolute Gasteiger partial charge is 0.134 e. The van der Waals surface area contributed by atoms with Crippen LogP contribution in [0, 0.1) is 0 Å². The van der Waals surface area contributed by atoms with Gasteiger partial charge in [0.25, 0.3) is 0 Å². The average Bonchev–Trinajstić information content (AvgIpc) is 2.39. The van der Waals surface area contributed by atoms with Gasteiger partial charge in [0.05, 0.1) is 0 Å². The summed E-state index contributed by atoms with van der Waals surface area (Å²) >= 11 is 3.45. The molecule has 3 nitrogen and oxygen atoms in total. The van der Waals surface area contributed by atoms with Crippen molar-refractivity contribution in [2.24, 2.45) is 0 Å². The van der Waals surface area contributed by atoms with Gasteiger partial charge in [-0.3, -0.25) is 0 Å². The molecular formula is C15H22BrN3. The monoisotopic (exact) mass is 323 g/mol. The predicted molar refractivity (Wildman–Crippen MR) is 83.5 cm³/mol. The Kier molecular flexibility index (Phi) is 5.37. The van der Waals surface area contributed by atoms with Gasteiger partial charge < -0.3 is 5.32 Å². The maximum absolute atomic E-state index is 4.54. The highest BCUT2D eigenvalue weighted by Gasteiger charge is 2.07. The molecule has 0 bridgehead atoms. The fourth-order valence-electron chi connectivity index (χ4n) is 2.27. The first-order valence-corrected chi connectivity index (χ1v) is 7.90. The van der Waals surface area contributed by atoms with Crippen molar-refractivity contribution < 1.29 is 0 Å². The Labute approximate surface area is 124 Å². The van der Waals surface area contributed by atoms with E-state index >= 15 is 0 Å². The van der Waals surface area contributed by atoms with Gasteiger partial charge in [-0.15, -0.1) is 0 Å². The number of aromatic nitrogens is 2. The molecule has 0 saturated carbocycles. The Morgan fingerprint density at radius 2 is 2.16 bits per heavy atom. The molecule has 19 heavy (non-hydrogen) atoms. The van der Waals surface area contributed by atoms with Crippen molar-refractivity contribution in [1.29, 1.82) is 0 Å². The zero-order valence-electron chi connectivity index (χ0n) is 11.7. The van der Waals surface area contributed by atoms with E-state index in [1.165, 1.54) is 25.7 Å². The van der Waals surface area contributed by atoms with Crippen LogP contribution in [-0.4, -0.2) is 16.5 Å². The minimum Gasteiger partial charge on any atom is -0.370 e. The van der Waals surface area contributed by atoms with E-state index in [1.54, 1.807) is 5.57 Å². The summed E-state index contributed by atoms with van der Waals surface area (Å²) in [5, 5.41) is 3.41. The zero-order chi connectivity index (χ0) is 13.7. The fourth-order valence-corrected chi connectivity index (χ4v) is 2.67. The molecule has 0 aliphatic heterocycles.